The molecule has 0 amide bonds. The summed E-state index contributed by atoms with van der Waals surface area (Å²) in [6.45, 7) is 2.33. The molecule has 0 saturated carbocycles. The zero-order valence-corrected chi connectivity index (χ0v) is 11.5. The SMILES string of the molecule is NCCC1CN(c2c(C(=O)O)cnc3[nH]ncc23)CCO1. The van der Waals surface area contributed by atoms with Crippen LogP contribution < -0.4 is 10.6 Å². The van der Waals surface area contributed by atoms with E-state index in [-0.39, 0.29) is 11.7 Å². The Hall–Kier alpha value is -2.19. The van der Waals surface area contributed by atoms with Crippen molar-refractivity contribution >= 4 is 22.7 Å². The molecular formula is C13H17N5O3. The van der Waals surface area contributed by atoms with Gasteiger partial charge in [-0.15, -0.1) is 0 Å². The van der Waals surface area contributed by atoms with Gasteiger partial charge in [-0.05, 0) is 13.0 Å². The predicted molar refractivity (Wildman–Crippen MR) is 76.5 cm³/mol. The smallest absolute Gasteiger partial charge is 0.339 e. The normalized spacial score (nSPS) is 19.1. The zero-order valence-electron chi connectivity index (χ0n) is 11.5. The van der Waals surface area contributed by atoms with E-state index in [0.29, 0.717) is 43.0 Å². The first kappa shape index (κ1) is 13.8. The Morgan fingerprint density at radius 3 is 3.19 bits per heavy atom. The van der Waals surface area contributed by atoms with Crippen molar-refractivity contribution in [1.82, 2.24) is 15.2 Å². The molecule has 0 radical (unpaired) electrons. The van der Waals surface area contributed by atoms with Gasteiger partial charge in [0.1, 0.15) is 5.56 Å². The van der Waals surface area contributed by atoms with E-state index in [0.717, 1.165) is 6.42 Å². The number of rotatable bonds is 4. The molecule has 1 fully saturated rings. The Kier molecular flexibility index (Phi) is 3.72. The fourth-order valence-electron chi connectivity index (χ4n) is 2.67. The van der Waals surface area contributed by atoms with Crippen molar-refractivity contribution in [3.05, 3.63) is 18.0 Å². The highest BCUT2D eigenvalue weighted by molar-refractivity contribution is 6.03. The number of nitrogens with one attached hydrogen (secondary N) is 1. The van der Waals surface area contributed by atoms with Crippen LogP contribution in [0.2, 0.25) is 0 Å². The van der Waals surface area contributed by atoms with Crippen LogP contribution in [0.15, 0.2) is 12.4 Å². The van der Waals surface area contributed by atoms with Crippen molar-refractivity contribution in [2.24, 2.45) is 5.73 Å². The molecule has 2 aromatic heterocycles. The molecule has 8 nitrogen and oxygen atoms in total. The molecule has 4 N–H and O–H groups in total. The number of ether oxygens (including phenoxy) is 1. The first-order valence-electron chi connectivity index (χ1n) is 6.82. The summed E-state index contributed by atoms with van der Waals surface area (Å²) in [5, 5.41) is 16.8. The van der Waals surface area contributed by atoms with E-state index < -0.39 is 5.97 Å². The number of carbonyl (C=O) groups is 1. The van der Waals surface area contributed by atoms with Gasteiger partial charge in [0.25, 0.3) is 0 Å². The first-order valence-corrected chi connectivity index (χ1v) is 6.82. The lowest BCUT2D eigenvalue weighted by molar-refractivity contribution is 0.0367. The number of carboxylic acid groups (broad SMARTS) is 1. The summed E-state index contributed by atoms with van der Waals surface area (Å²) in [6, 6.07) is 0. The number of H-pyrrole nitrogens is 1. The van der Waals surface area contributed by atoms with Crippen LogP contribution in [0.4, 0.5) is 5.69 Å². The van der Waals surface area contributed by atoms with Crippen molar-refractivity contribution in [3.63, 3.8) is 0 Å². The van der Waals surface area contributed by atoms with Crippen molar-refractivity contribution < 1.29 is 14.6 Å². The lowest BCUT2D eigenvalue weighted by Gasteiger charge is -2.35. The molecule has 21 heavy (non-hydrogen) atoms. The molecule has 0 spiro atoms. The van der Waals surface area contributed by atoms with E-state index in [4.69, 9.17) is 10.5 Å². The van der Waals surface area contributed by atoms with E-state index in [1.165, 1.54) is 6.20 Å². The van der Waals surface area contributed by atoms with Crippen molar-refractivity contribution in [1.29, 1.82) is 0 Å². The van der Waals surface area contributed by atoms with Crippen LogP contribution in [0.1, 0.15) is 16.8 Å². The maximum atomic E-state index is 11.5. The molecule has 0 aliphatic carbocycles. The molecule has 1 unspecified atom stereocenters. The van der Waals surface area contributed by atoms with E-state index >= 15 is 0 Å². The third-order valence-corrected chi connectivity index (χ3v) is 3.63. The summed E-state index contributed by atoms with van der Waals surface area (Å²) >= 11 is 0. The summed E-state index contributed by atoms with van der Waals surface area (Å²) in [6.07, 6.45) is 3.74. The van der Waals surface area contributed by atoms with Crippen LogP contribution in [0.3, 0.4) is 0 Å². The second-order valence-corrected chi connectivity index (χ2v) is 4.97. The van der Waals surface area contributed by atoms with Gasteiger partial charge in [0.05, 0.1) is 30.0 Å². The number of morpholine rings is 1. The van der Waals surface area contributed by atoms with Gasteiger partial charge in [0.2, 0.25) is 0 Å². The maximum Gasteiger partial charge on any atom is 0.339 e. The summed E-state index contributed by atoms with van der Waals surface area (Å²) in [5.41, 5.74) is 6.98. The minimum absolute atomic E-state index is 0.0144. The minimum atomic E-state index is -0.998. The number of nitrogens with two attached hydrogens (primary N) is 1. The quantitative estimate of drug-likeness (QED) is 0.737. The minimum Gasteiger partial charge on any atom is -0.478 e. The zero-order chi connectivity index (χ0) is 14.8. The van der Waals surface area contributed by atoms with Crippen LogP contribution >= 0.6 is 0 Å². The lowest BCUT2D eigenvalue weighted by Crippen LogP contribution is -2.44. The average molecular weight is 291 g/mol. The number of nitrogens with zero attached hydrogens (tertiary/aromatic N) is 3. The molecule has 1 aliphatic heterocycles. The fourth-order valence-corrected chi connectivity index (χ4v) is 2.67. The van der Waals surface area contributed by atoms with Gasteiger partial charge in [0, 0.05) is 19.3 Å². The summed E-state index contributed by atoms with van der Waals surface area (Å²) < 4.78 is 5.66. The van der Waals surface area contributed by atoms with Gasteiger partial charge in [-0.3, -0.25) is 5.10 Å². The van der Waals surface area contributed by atoms with E-state index in [2.05, 4.69) is 15.2 Å². The van der Waals surface area contributed by atoms with Crippen molar-refractivity contribution in [2.75, 3.05) is 31.1 Å². The number of hydrogen-bond acceptors (Lipinski definition) is 6. The molecule has 1 aliphatic rings. The topological polar surface area (TPSA) is 117 Å². The monoisotopic (exact) mass is 291 g/mol. The van der Waals surface area contributed by atoms with Gasteiger partial charge < -0.3 is 20.5 Å². The molecule has 1 atom stereocenters. The second kappa shape index (κ2) is 5.66. The maximum absolute atomic E-state index is 11.5. The molecule has 0 aromatic carbocycles. The molecule has 2 aromatic rings. The molecule has 3 rings (SSSR count). The molecular weight excluding hydrogens is 274 g/mol. The third kappa shape index (κ3) is 2.55. The van der Waals surface area contributed by atoms with Crippen LogP contribution in [-0.4, -0.2) is 58.6 Å². The van der Waals surface area contributed by atoms with Gasteiger partial charge in [0.15, 0.2) is 5.65 Å². The Labute approximate surface area is 120 Å². The second-order valence-electron chi connectivity index (χ2n) is 4.97. The van der Waals surface area contributed by atoms with Crippen molar-refractivity contribution in [3.8, 4) is 0 Å². The van der Waals surface area contributed by atoms with Crippen LogP contribution in [0, 0.1) is 0 Å². The van der Waals surface area contributed by atoms with Gasteiger partial charge in [-0.1, -0.05) is 0 Å². The summed E-state index contributed by atoms with van der Waals surface area (Å²) in [7, 11) is 0. The van der Waals surface area contributed by atoms with Crippen LogP contribution in [0.25, 0.3) is 11.0 Å². The largest absolute Gasteiger partial charge is 0.478 e. The highest BCUT2D eigenvalue weighted by Crippen LogP contribution is 2.30. The Balaban J connectivity index is 2.03. The summed E-state index contributed by atoms with van der Waals surface area (Å²) in [5.74, 6) is -0.998. The molecule has 3 heterocycles. The lowest BCUT2D eigenvalue weighted by atomic mass is 10.1. The fraction of sp³-hybridized carbons (Fsp3) is 0.462. The standard InChI is InChI=1S/C13H17N5O3/c14-2-1-8-7-18(3-4-21-8)11-9-6-16-17-12(9)15-5-10(11)13(19)20/h5-6,8H,1-4,7,14H2,(H,19,20)(H,15,16,17). The van der Waals surface area contributed by atoms with Crippen LogP contribution in [-0.2, 0) is 4.74 Å². The molecule has 0 bridgehead atoms. The highest BCUT2D eigenvalue weighted by atomic mass is 16.5. The number of hydrogen-bond donors (Lipinski definition) is 3. The Morgan fingerprint density at radius 1 is 1.57 bits per heavy atom. The van der Waals surface area contributed by atoms with E-state index in [9.17, 15) is 9.90 Å². The van der Waals surface area contributed by atoms with Gasteiger partial charge >= 0.3 is 5.97 Å². The van der Waals surface area contributed by atoms with E-state index in [1.807, 2.05) is 4.90 Å². The predicted octanol–water partition coefficient (Wildman–Crippen LogP) is 0.210. The first-order chi connectivity index (χ1) is 10.2. The Morgan fingerprint density at radius 2 is 2.43 bits per heavy atom. The number of aromatic amines is 1. The molecule has 8 heteroatoms. The van der Waals surface area contributed by atoms with Crippen molar-refractivity contribution in [2.45, 2.75) is 12.5 Å². The number of aromatic carboxylic acids is 1. The molecule has 112 valence electrons. The van der Waals surface area contributed by atoms with E-state index in [1.54, 1.807) is 6.20 Å². The number of aromatic nitrogens is 3. The highest BCUT2D eigenvalue weighted by Gasteiger charge is 2.26. The number of carboxylic acids is 1. The third-order valence-electron chi connectivity index (χ3n) is 3.63. The van der Waals surface area contributed by atoms with Gasteiger partial charge in [-0.25, -0.2) is 9.78 Å². The molecule has 1 saturated heterocycles. The number of pyridine rings is 1. The number of anilines is 1. The summed E-state index contributed by atoms with van der Waals surface area (Å²) in [4.78, 5) is 17.6. The number of fused-ring (bicyclic) bond motifs is 1. The van der Waals surface area contributed by atoms with Crippen LogP contribution in [0.5, 0.6) is 0 Å². The average Bonchev–Trinajstić information content (AvgIpc) is 2.95. The Bertz CT molecular complexity index is 654. The van der Waals surface area contributed by atoms with Gasteiger partial charge in [-0.2, -0.15) is 5.10 Å².